The molecule has 0 radical (unpaired) electrons. The molecule has 1 rings (SSSR count). The van der Waals surface area contributed by atoms with Gasteiger partial charge in [0.25, 0.3) is 5.91 Å². The van der Waals surface area contributed by atoms with Gasteiger partial charge in [0.15, 0.2) is 5.69 Å². The normalized spacial score (nSPS) is 13.9. The Kier molecular flexibility index (Phi) is 4.95. The summed E-state index contributed by atoms with van der Waals surface area (Å²) >= 11 is 0. The van der Waals surface area contributed by atoms with Crippen LogP contribution >= 0.6 is 0 Å². The number of carboxylic acids is 1. The largest absolute Gasteiger partial charge is 0.480 e. The first-order chi connectivity index (χ1) is 8.40. The highest BCUT2D eigenvalue weighted by atomic mass is 32.2. The fourth-order valence-electron chi connectivity index (χ4n) is 1.06. The summed E-state index contributed by atoms with van der Waals surface area (Å²) in [6.07, 6.45) is 2.80. The number of hydrogen-bond acceptors (Lipinski definition) is 5. The number of nitrogens with zero attached hydrogens (tertiary/aromatic N) is 3. The number of carboxylic acid groups (broad SMARTS) is 1. The van der Waals surface area contributed by atoms with Crippen LogP contribution in [0.25, 0.3) is 0 Å². The van der Waals surface area contributed by atoms with Gasteiger partial charge in [-0.05, 0) is 6.92 Å². The van der Waals surface area contributed by atoms with E-state index >= 15 is 0 Å². The van der Waals surface area contributed by atoms with E-state index in [9.17, 15) is 13.8 Å². The van der Waals surface area contributed by atoms with Crippen molar-refractivity contribution in [1.82, 2.24) is 20.3 Å². The van der Waals surface area contributed by atoms with Crippen molar-refractivity contribution in [2.24, 2.45) is 0 Å². The van der Waals surface area contributed by atoms with E-state index in [1.165, 1.54) is 6.20 Å². The van der Waals surface area contributed by atoms with E-state index in [1.54, 1.807) is 13.2 Å². The number of carbonyl (C=O) groups is 2. The predicted octanol–water partition coefficient (Wildman–Crippen LogP) is -1.14. The smallest absolute Gasteiger partial charge is 0.325 e. The first-order valence-electron chi connectivity index (χ1n) is 5.12. The van der Waals surface area contributed by atoms with Gasteiger partial charge in [0.05, 0.1) is 6.20 Å². The first-order valence-corrected chi connectivity index (χ1v) is 6.74. The molecular weight excluding hydrogens is 260 g/mol. The fraction of sp³-hybridized carbons (Fsp3) is 0.556. The molecule has 1 heterocycles. The molecule has 0 aromatic carbocycles. The van der Waals surface area contributed by atoms with E-state index in [2.05, 4.69) is 15.6 Å². The van der Waals surface area contributed by atoms with Gasteiger partial charge in [0.2, 0.25) is 0 Å². The minimum atomic E-state index is -1.07. The number of amides is 1. The van der Waals surface area contributed by atoms with Crippen molar-refractivity contribution in [2.45, 2.75) is 18.7 Å². The van der Waals surface area contributed by atoms with Gasteiger partial charge in [-0.25, -0.2) is 4.68 Å². The van der Waals surface area contributed by atoms with Crippen molar-refractivity contribution in [3.8, 4) is 0 Å². The molecule has 8 nitrogen and oxygen atoms in total. The highest BCUT2D eigenvalue weighted by Crippen LogP contribution is 1.95. The molecule has 18 heavy (non-hydrogen) atoms. The lowest BCUT2D eigenvalue weighted by Gasteiger charge is -2.08. The van der Waals surface area contributed by atoms with Crippen molar-refractivity contribution < 1.29 is 18.9 Å². The van der Waals surface area contributed by atoms with Crippen LogP contribution in [0.5, 0.6) is 0 Å². The fourth-order valence-corrected chi connectivity index (χ4v) is 1.38. The average Bonchev–Trinajstić information content (AvgIpc) is 2.72. The van der Waals surface area contributed by atoms with Crippen molar-refractivity contribution in [1.29, 1.82) is 0 Å². The Hall–Kier alpha value is -1.77. The molecule has 0 saturated carbocycles. The van der Waals surface area contributed by atoms with Gasteiger partial charge in [-0.1, -0.05) is 5.21 Å². The van der Waals surface area contributed by atoms with Gasteiger partial charge in [-0.15, -0.1) is 5.10 Å². The Morgan fingerprint density at radius 3 is 2.83 bits per heavy atom. The van der Waals surface area contributed by atoms with Crippen LogP contribution in [0, 0.1) is 0 Å². The van der Waals surface area contributed by atoms with Crippen molar-refractivity contribution in [3.05, 3.63) is 11.9 Å². The molecule has 100 valence electrons. The molecule has 0 bridgehead atoms. The Balaban J connectivity index is 2.54. The zero-order valence-electron chi connectivity index (χ0n) is 9.99. The zero-order chi connectivity index (χ0) is 13.7. The van der Waals surface area contributed by atoms with Crippen LogP contribution in [-0.2, 0) is 22.1 Å². The molecule has 2 unspecified atom stereocenters. The molecule has 0 aliphatic heterocycles. The molecule has 1 aromatic rings. The van der Waals surface area contributed by atoms with Crippen LogP contribution in [0.4, 0.5) is 0 Å². The zero-order valence-corrected chi connectivity index (χ0v) is 10.8. The maximum absolute atomic E-state index is 11.6. The highest BCUT2D eigenvalue weighted by molar-refractivity contribution is 7.84. The summed E-state index contributed by atoms with van der Waals surface area (Å²) in [6, 6.07) is 0. The van der Waals surface area contributed by atoms with Crippen molar-refractivity contribution in [3.63, 3.8) is 0 Å². The minimum Gasteiger partial charge on any atom is -0.480 e. The third kappa shape index (κ3) is 4.24. The number of aromatic nitrogens is 3. The maximum atomic E-state index is 11.6. The predicted molar refractivity (Wildman–Crippen MR) is 63.5 cm³/mol. The average molecular weight is 274 g/mol. The topological polar surface area (TPSA) is 114 Å². The van der Waals surface area contributed by atoms with E-state index in [0.29, 0.717) is 0 Å². The monoisotopic (exact) mass is 274 g/mol. The van der Waals surface area contributed by atoms with Gasteiger partial charge in [0, 0.05) is 28.9 Å². The molecule has 9 heteroatoms. The second-order valence-corrected chi connectivity index (χ2v) is 5.52. The van der Waals surface area contributed by atoms with Gasteiger partial charge in [-0.2, -0.15) is 0 Å². The first kappa shape index (κ1) is 14.3. The Morgan fingerprint density at radius 2 is 2.28 bits per heavy atom. The van der Waals surface area contributed by atoms with E-state index in [-0.39, 0.29) is 24.0 Å². The number of rotatable bonds is 6. The molecule has 0 aliphatic carbocycles. The molecule has 1 aromatic heterocycles. The van der Waals surface area contributed by atoms with Crippen molar-refractivity contribution >= 4 is 22.7 Å². The lowest BCUT2D eigenvalue weighted by Crippen LogP contribution is -2.32. The summed E-state index contributed by atoms with van der Waals surface area (Å²) < 4.78 is 12.1. The Morgan fingerprint density at radius 1 is 1.61 bits per heavy atom. The molecule has 0 saturated heterocycles. The molecule has 2 N–H and O–H groups in total. The standard InChI is InChI=1S/C9H14N4O4S/c1-6(18(2)17)3-10-9(16)7-4-13(12-11-7)5-8(14)15/h4,6H,3,5H2,1-2H3,(H,10,16)(H,14,15). The van der Waals surface area contributed by atoms with Gasteiger partial charge in [-0.3, -0.25) is 13.8 Å². The van der Waals surface area contributed by atoms with Crippen molar-refractivity contribution in [2.75, 3.05) is 12.8 Å². The Bertz CT molecular complexity index is 473. The molecule has 0 spiro atoms. The summed E-state index contributed by atoms with van der Waals surface area (Å²) in [5.74, 6) is -1.54. The van der Waals surface area contributed by atoms with Crippen LogP contribution in [0.3, 0.4) is 0 Å². The molecule has 2 atom stereocenters. The molecular formula is C9H14N4O4S. The lowest BCUT2D eigenvalue weighted by molar-refractivity contribution is -0.137. The van der Waals surface area contributed by atoms with Gasteiger partial charge >= 0.3 is 5.97 Å². The lowest BCUT2D eigenvalue weighted by atomic mass is 10.4. The summed E-state index contributed by atoms with van der Waals surface area (Å²) in [6.45, 7) is 1.65. The highest BCUT2D eigenvalue weighted by Gasteiger charge is 2.14. The number of carbonyl (C=O) groups excluding carboxylic acids is 1. The summed E-state index contributed by atoms with van der Waals surface area (Å²) in [4.78, 5) is 22.0. The second kappa shape index (κ2) is 6.24. The van der Waals surface area contributed by atoms with Crippen LogP contribution in [0.2, 0.25) is 0 Å². The molecule has 1 amide bonds. The maximum Gasteiger partial charge on any atom is 0.325 e. The van der Waals surface area contributed by atoms with Crippen LogP contribution in [-0.4, -0.2) is 54.2 Å². The molecule has 0 fully saturated rings. The second-order valence-electron chi connectivity index (χ2n) is 3.71. The van der Waals surface area contributed by atoms with E-state index < -0.39 is 22.7 Å². The van der Waals surface area contributed by atoms with Crippen LogP contribution in [0.15, 0.2) is 6.20 Å². The SMILES string of the molecule is CC(CNC(=O)c1cn(CC(=O)O)nn1)S(C)=O. The summed E-state index contributed by atoms with van der Waals surface area (Å²) in [5.41, 5.74) is 0.0327. The number of nitrogens with one attached hydrogen (secondary N) is 1. The summed E-state index contributed by atoms with van der Waals surface area (Å²) in [7, 11) is -1.02. The quantitative estimate of drug-likeness (QED) is 0.677. The van der Waals surface area contributed by atoms with E-state index in [1.807, 2.05) is 0 Å². The number of hydrogen-bond donors (Lipinski definition) is 2. The van der Waals surface area contributed by atoms with Gasteiger partial charge < -0.3 is 10.4 Å². The van der Waals surface area contributed by atoms with Crippen LogP contribution in [0.1, 0.15) is 17.4 Å². The third-order valence-electron chi connectivity index (χ3n) is 2.19. The van der Waals surface area contributed by atoms with Gasteiger partial charge in [0.1, 0.15) is 6.54 Å². The minimum absolute atomic E-state index is 0.0327. The number of aliphatic carboxylic acids is 1. The van der Waals surface area contributed by atoms with E-state index in [0.717, 1.165) is 4.68 Å². The third-order valence-corrected chi connectivity index (χ3v) is 3.49. The Labute approximate surface area is 106 Å². The van der Waals surface area contributed by atoms with Crippen LogP contribution < -0.4 is 5.32 Å². The molecule has 0 aliphatic rings. The summed E-state index contributed by atoms with van der Waals surface area (Å²) in [5, 5.41) is 18.0. The van der Waals surface area contributed by atoms with E-state index in [4.69, 9.17) is 5.11 Å².